The lowest BCUT2D eigenvalue weighted by atomic mass is 10.1. The summed E-state index contributed by atoms with van der Waals surface area (Å²) in [6, 6.07) is 1.43. The van der Waals surface area contributed by atoms with E-state index in [1.807, 2.05) is 6.92 Å². The molecule has 17 heavy (non-hydrogen) atoms. The number of aromatic amines is 1. The molecule has 1 aromatic heterocycles. The molecule has 2 heterocycles. The minimum Gasteiger partial charge on any atom is -0.474 e. The summed E-state index contributed by atoms with van der Waals surface area (Å²) in [6.07, 6.45) is 2.88. The third-order valence-corrected chi connectivity index (χ3v) is 3.06. The number of hydrogen-bond donors (Lipinski definition) is 1. The van der Waals surface area contributed by atoms with E-state index >= 15 is 0 Å². The van der Waals surface area contributed by atoms with E-state index in [0.29, 0.717) is 18.1 Å². The summed E-state index contributed by atoms with van der Waals surface area (Å²) in [5, 5.41) is 0. The highest BCUT2D eigenvalue weighted by atomic mass is 16.5. The quantitative estimate of drug-likeness (QED) is 0.845. The molecule has 1 aliphatic heterocycles. The number of aryl methyl sites for hydroxylation is 1. The second-order valence-corrected chi connectivity index (χ2v) is 4.50. The predicted octanol–water partition coefficient (Wildman–Crippen LogP) is 0.805. The van der Waals surface area contributed by atoms with Gasteiger partial charge in [0.05, 0.1) is 6.07 Å². The van der Waals surface area contributed by atoms with Crippen molar-refractivity contribution in [3.8, 4) is 5.88 Å². The molecule has 0 amide bonds. The zero-order valence-electron chi connectivity index (χ0n) is 10.4. The van der Waals surface area contributed by atoms with Gasteiger partial charge in [0, 0.05) is 19.5 Å². The van der Waals surface area contributed by atoms with E-state index in [-0.39, 0.29) is 11.7 Å². The number of aromatic nitrogens is 2. The molecule has 5 heteroatoms. The van der Waals surface area contributed by atoms with Gasteiger partial charge in [-0.15, -0.1) is 0 Å². The highest BCUT2D eigenvalue weighted by Gasteiger charge is 2.18. The van der Waals surface area contributed by atoms with E-state index in [4.69, 9.17) is 4.74 Å². The van der Waals surface area contributed by atoms with Gasteiger partial charge >= 0.3 is 0 Å². The largest absolute Gasteiger partial charge is 0.474 e. The number of likely N-dealkylation sites (tertiary alicyclic amines) is 1. The van der Waals surface area contributed by atoms with Crippen LogP contribution in [0.4, 0.5) is 0 Å². The monoisotopic (exact) mass is 237 g/mol. The first kappa shape index (κ1) is 12.1. The standard InChI is InChI=1S/C12H19N3O2/c1-3-10-13-11(16)8-12(14-10)17-9-4-6-15(2)7-5-9/h8-9H,3-7H2,1-2H3,(H,13,14,16). The number of H-pyrrole nitrogens is 1. The van der Waals surface area contributed by atoms with Crippen molar-refractivity contribution in [3.63, 3.8) is 0 Å². The number of hydrogen-bond acceptors (Lipinski definition) is 4. The molecule has 0 unspecified atom stereocenters. The van der Waals surface area contributed by atoms with Crippen molar-refractivity contribution in [1.29, 1.82) is 0 Å². The van der Waals surface area contributed by atoms with Gasteiger partial charge in [0.15, 0.2) is 0 Å². The number of ether oxygens (including phenoxy) is 1. The van der Waals surface area contributed by atoms with Gasteiger partial charge in [-0.25, -0.2) is 4.98 Å². The molecular weight excluding hydrogens is 218 g/mol. The zero-order chi connectivity index (χ0) is 12.3. The summed E-state index contributed by atoms with van der Waals surface area (Å²) >= 11 is 0. The fourth-order valence-corrected chi connectivity index (χ4v) is 1.99. The third-order valence-electron chi connectivity index (χ3n) is 3.06. The van der Waals surface area contributed by atoms with Gasteiger partial charge in [0.1, 0.15) is 11.9 Å². The van der Waals surface area contributed by atoms with Gasteiger partial charge < -0.3 is 14.6 Å². The number of rotatable bonds is 3. The minimum absolute atomic E-state index is 0.139. The first-order chi connectivity index (χ1) is 8.17. The Morgan fingerprint density at radius 1 is 1.53 bits per heavy atom. The maximum absolute atomic E-state index is 11.4. The van der Waals surface area contributed by atoms with Crippen LogP contribution in [0.25, 0.3) is 0 Å². The summed E-state index contributed by atoms with van der Waals surface area (Å²) in [6.45, 7) is 4.03. The van der Waals surface area contributed by atoms with Gasteiger partial charge in [-0.1, -0.05) is 6.92 Å². The van der Waals surface area contributed by atoms with E-state index in [0.717, 1.165) is 25.9 Å². The zero-order valence-corrected chi connectivity index (χ0v) is 10.4. The first-order valence-electron chi connectivity index (χ1n) is 6.13. The summed E-state index contributed by atoms with van der Waals surface area (Å²) in [5.41, 5.74) is -0.139. The second-order valence-electron chi connectivity index (χ2n) is 4.50. The fraction of sp³-hybridized carbons (Fsp3) is 0.667. The molecule has 0 bridgehead atoms. The summed E-state index contributed by atoms with van der Waals surface area (Å²) in [5.74, 6) is 1.14. The van der Waals surface area contributed by atoms with Crippen LogP contribution in [0.1, 0.15) is 25.6 Å². The number of nitrogens with one attached hydrogen (secondary N) is 1. The molecule has 0 spiro atoms. The maximum atomic E-state index is 11.4. The summed E-state index contributed by atoms with van der Waals surface area (Å²) in [4.78, 5) is 20.6. The van der Waals surface area contributed by atoms with E-state index in [9.17, 15) is 4.79 Å². The smallest absolute Gasteiger partial charge is 0.254 e. The van der Waals surface area contributed by atoms with Crippen LogP contribution < -0.4 is 10.3 Å². The van der Waals surface area contributed by atoms with Crippen molar-refractivity contribution in [2.45, 2.75) is 32.3 Å². The maximum Gasteiger partial charge on any atom is 0.254 e. The molecule has 0 aromatic carbocycles. The van der Waals surface area contributed by atoms with Crippen molar-refractivity contribution < 1.29 is 4.74 Å². The van der Waals surface area contributed by atoms with Gasteiger partial charge in [0.2, 0.25) is 5.88 Å². The average Bonchev–Trinajstić information content (AvgIpc) is 2.31. The van der Waals surface area contributed by atoms with Gasteiger partial charge in [-0.05, 0) is 19.9 Å². The van der Waals surface area contributed by atoms with Gasteiger partial charge in [-0.2, -0.15) is 0 Å². The van der Waals surface area contributed by atoms with Crippen molar-refractivity contribution >= 4 is 0 Å². The molecule has 0 saturated carbocycles. The Hall–Kier alpha value is -1.36. The Bertz CT molecular complexity index is 422. The molecule has 5 nitrogen and oxygen atoms in total. The van der Waals surface area contributed by atoms with Crippen LogP contribution >= 0.6 is 0 Å². The van der Waals surface area contributed by atoms with Crippen molar-refractivity contribution in [3.05, 3.63) is 22.2 Å². The molecule has 1 saturated heterocycles. The molecule has 94 valence electrons. The molecular formula is C12H19N3O2. The van der Waals surface area contributed by atoms with Gasteiger partial charge in [-0.3, -0.25) is 4.79 Å². The topological polar surface area (TPSA) is 58.2 Å². The molecule has 1 aromatic rings. The number of nitrogens with zero attached hydrogens (tertiary/aromatic N) is 2. The van der Waals surface area contributed by atoms with Crippen LogP contribution in [0.5, 0.6) is 5.88 Å². The highest BCUT2D eigenvalue weighted by Crippen LogP contribution is 2.15. The lowest BCUT2D eigenvalue weighted by Crippen LogP contribution is -2.36. The molecule has 1 aliphatic rings. The van der Waals surface area contributed by atoms with Crippen LogP contribution in [0, 0.1) is 0 Å². The summed E-state index contributed by atoms with van der Waals surface area (Å²) < 4.78 is 5.77. The van der Waals surface area contributed by atoms with E-state index in [2.05, 4.69) is 21.9 Å². The molecule has 0 radical (unpaired) electrons. The lowest BCUT2D eigenvalue weighted by molar-refractivity contribution is 0.109. The molecule has 2 rings (SSSR count). The Kier molecular flexibility index (Phi) is 3.78. The minimum atomic E-state index is -0.139. The average molecular weight is 237 g/mol. The highest BCUT2D eigenvalue weighted by molar-refractivity contribution is 5.09. The van der Waals surface area contributed by atoms with Crippen LogP contribution in [0.3, 0.4) is 0 Å². The summed E-state index contributed by atoms with van der Waals surface area (Å²) in [7, 11) is 2.11. The molecule has 1 fully saturated rings. The van der Waals surface area contributed by atoms with Crippen molar-refractivity contribution in [2.75, 3.05) is 20.1 Å². The van der Waals surface area contributed by atoms with Gasteiger partial charge in [0.25, 0.3) is 5.56 Å². The molecule has 0 atom stereocenters. The number of piperidine rings is 1. The van der Waals surface area contributed by atoms with E-state index in [1.54, 1.807) is 0 Å². The van der Waals surface area contributed by atoms with Crippen molar-refractivity contribution in [2.24, 2.45) is 0 Å². The first-order valence-corrected chi connectivity index (χ1v) is 6.13. The normalized spacial score (nSPS) is 18.2. The second kappa shape index (κ2) is 5.31. The van der Waals surface area contributed by atoms with Crippen molar-refractivity contribution in [1.82, 2.24) is 14.9 Å². The van der Waals surface area contributed by atoms with Crippen LogP contribution in [0.2, 0.25) is 0 Å². The Labute approximate surface area is 101 Å². The fourth-order valence-electron chi connectivity index (χ4n) is 1.99. The van der Waals surface area contributed by atoms with Crippen LogP contribution in [-0.2, 0) is 6.42 Å². The molecule has 1 N–H and O–H groups in total. The van der Waals surface area contributed by atoms with E-state index in [1.165, 1.54) is 6.07 Å². The van der Waals surface area contributed by atoms with Crippen LogP contribution in [0.15, 0.2) is 10.9 Å². The predicted molar refractivity (Wildman–Crippen MR) is 65.4 cm³/mol. The van der Waals surface area contributed by atoms with Crippen LogP contribution in [-0.4, -0.2) is 41.1 Å². The lowest BCUT2D eigenvalue weighted by Gasteiger charge is -2.28. The Morgan fingerprint density at radius 2 is 2.24 bits per heavy atom. The Balaban J connectivity index is 2.03. The SMILES string of the molecule is CCc1nc(OC2CCN(C)CC2)cc(=O)[nH]1. The van der Waals surface area contributed by atoms with E-state index < -0.39 is 0 Å². The molecule has 0 aliphatic carbocycles. The Morgan fingerprint density at radius 3 is 2.88 bits per heavy atom. The third kappa shape index (κ3) is 3.30.